The zero-order chi connectivity index (χ0) is 25.9. The summed E-state index contributed by atoms with van der Waals surface area (Å²) < 4.78 is 38.6. The van der Waals surface area contributed by atoms with Gasteiger partial charge in [0.25, 0.3) is 5.91 Å². The Bertz CT molecular complexity index is 1410. The van der Waals surface area contributed by atoms with Crippen molar-refractivity contribution in [1.82, 2.24) is 19.9 Å². The monoisotopic (exact) mass is 531 g/mol. The minimum atomic E-state index is -4.59. The van der Waals surface area contributed by atoms with Gasteiger partial charge < -0.3 is 5.32 Å². The second-order valence-electron chi connectivity index (χ2n) is 7.76. The van der Waals surface area contributed by atoms with Crippen LogP contribution in [0.1, 0.15) is 50.0 Å². The predicted octanol–water partition coefficient (Wildman–Crippen LogP) is 6.30. The Hall–Kier alpha value is -3.70. The number of benzene rings is 1. The number of nitrogens with one attached hydrogen (secondary N) is 1. The van der Waals surface area contributed by atoms with Gasteiger partial charge in [0.05, 0.1) is 27.5 Å². The number of thiazole rings is 1. The molecule has 184 valence electrons. The number of carbonyl (C=O) groups is 2. The summed E-state index contributed by atoms with van der Waals surface area (Å²) in [6.45, 7) is 1.80. The van der Waals surface area contributed by atoms with Crippen molar-refractivity contribution >= 4 is 40.3 Å². The molecule has 1 atom stereocenters. The van der Waals surface area contributed by atoms with Gasteiger partial charge in [-0.25, -0.2) is 15.0 Å². The first-order valence-corrected chi connectivity index (χ1v) is 11.7. The smallest absolute Gasteiger partial charge is 0.321 e. The summed E-state index contributed by atoms with van der Waals surface area (Å²) in [5, 5.41) is 2.55. The Labute approximate surface area is 212 Å². The topological polar surface area (TPSA) is 97.7 Å². The van der Waals surface area contributed by atoms with Crippen molar-refractivity contribution < 1.29 is 22.8 Å². The molecule has 4 aromatic rings. The SMILES string of the molecule is CC(CC(=O)c1cc(-c2ccncc2)ncn1)c1ncc(C(=O)Nc2ccc(C(F)(F)F)c(Cl)c2)s1. The van der Waals surface area contributed by atoms with Crippen molar-refractivity contribution in [3.8, 4) is 11.3 Å². The van der Waals surface area contributed by atoms with Crippen LogP contribution in [0, 0.1) is 0 Å². The van der Waals surface area contributed by atoms with Crippen molar-refractivity contribution in [1.29, 1.82) is 0 Å². The van der Waals surface area contributed by atoms with Crippen LogP contribution in [0.5, 0.6) is 0 Å². The van der Waals surface area contributed by atoms with Gasteiger partial charge >= 0.3 is 6.18 Å². The molecule has 12 heteroatoms. The van der Waals surface area contributed by atoms with Gasteiger partial charge in [-0.3, -0.25) is 14.6 Å². The standard InChI is InChI=1S/C24H17ClF3N5O2S/c1-13(8-20(34)19-10-18(31-12-32-19)14-4-6-29-7-5-14)23-30-11-21(36-23)22(35)33-15-2-3-16(17(25)9-15)24(26,27)28/h2-7,9-13H,8H2,1H3,(H,33,35). The van der Waals surface area contributed by atoms with E-state index >= 15 is 0 Å². The van der Waals surface area contributed by atoms with Crippen LogP contribution in [-0.4, -0.2) is 31.6 Å². The number of hydrogen-bond acceptors (Lipinski definition) is 7. The van der Waals surface area contributed by atoms with E-state index in [-0.39, 0.29) is 34.4 Å². The molecule has 0 saturated carbocycles. The minimum absolute atomic E-state index is 0.107. The fourth-order valence-corrected chi connectivity index (χ4v) is 4.45. The summed E-state index contributed by atoms with van der Waals surface area (Å²) in [5.74, 6) is -1.06. The fraction of sp³-hybridized carbons (Fsp3) is 0.167. The lowest BCUT2D eigenvalue weighted by atomic mass is 10.0. The number of hydrogen-bond donors (Lipinski definition) is 1. The van der Waals surface area contributed by atoms with E-state index in [4.69, 9.17) is 11.6 Å². The van der Waals surface area contributed by atoms with Crippen LogP contribution in [0.2, 0.25) is 5.02 Å². The number of carbonyl (C=O) groups excluding carboxylic acids is 2. The highest BCUT2D eigenvalue weighted by Crippen LogP contribution is 2.36. The molecule has 0 bridgehead atoms. The molecular formula is C24H17ClF3N5O2S. The Morgan fingerprint density at radius 1 is 1.08 bits per heavy atom. The first-order valence-electron chi connectivity index (χ1n) is 10.5. The molecule has 0 aliphatic rings. The number of aromatic nitrogens is 4. The highest BCUT2D eigenvalue weighted by molar-refractivity contribution is 7.13. The van der Waals surface area contributed by atoms with Crippen LogP contribution in [-0.2, 0) is 6.18 Å². The summed E-state index contributed by atoms with van der Waals surface area (Å²) in [4.78, 5) is 42.1. The zero-order valence-corrected chi connectivity index (χ0v) is 20.2. The highest BCUT2D eigenvalue weighted by Gasteiger charge is 2.33. The predicted molar refractivity (Wildman–Crippen MR) is 129 cm³/mol. The summed E-state index contributed by atoms with van der Waals surface area (Å²) >= 11 is 6.80. The average molecular weight is 532 g/mol. The Morgan fingerprint density at radius 2 is 1.83 bits per heavy atom. The number of pyridine rings is 1. The van der Waals surface area contributed by atoms with E-state index in [9.17, 15) is 22.8 Å². The van der Waals surface area contributed by atoms with Crippen LogP contribution < -0.4 is 5.32 Å². The third kappa shape index (κ3) is 5.92. The van der Waals surface area contributed by atoms with Crippen molar-refractivity contribution in [3.05, 3.63) is 87.5 Å². The molecule has 0 aliphatic carbocycles. The molecule has 3 aromatic heterocycles. The van der Waals surface area contributed by atoms with Gasteiger partial charge in [0.2, 0.25) is 0 Å². The minimum Gasteiger partial charge on any atom is -0.321 e. The number of anilines is 1. The number of halogens is 4. The van der Waals surface area contributed by atoms with E-state index in [0.717, 1.165) is 35.1 Å². The number of nitrogens with zero attached hydrogens (tertiary/aromatic N) is 4. The van der Waals surface area contributed by atoms with Gasteiger partial charge in [-0.2, -0.15) is 13.2 Å². The quantitative estimate of drug-likeness (QED) is 0.281. The summed E-state index contributed by atoms with van der Waals surface area (Å²) in [7, 11) is 0. The molecule has 1 N–H and O–H groups in total. The highest BCUT2D eigenvalue weighted by atomic mass is 35.5. The second-order valence-corrected chi connectivity index (χ2v) is 9.23. The number of amides is 1. The van der Waals surface area contributed by atoms with E-state index in [1.54, 1.807) is 37.5 Å². The van der Waals surface area contributed by atoms with Crippen LogP contribution in [0.15, 0.2) is 61.3 Å². The lowest BCUT2D eigenvalue weighted by molar-refractivity contribution is -0.137. The number of alkyl halides is 3. The van der Waals surface area contributed by atoms with Crippen molar-refractivity contribution in [3.63, 3.8) is 0 Å². The Morgan fingerprint density at radius 3 is 2.53 bits per heavy atom. The zero-order valence-electron chi connectivity index (χ0n) is 18.6. The van der Waals surface area contributed by atoms with Crippen molar-refractivity contribution in [2.24, 2.45) is 0 Å². The van der Waals surface area contributed by atoms with Gasteiger partial charge in [0, 0.05) is 36.0 Å². The first kappa shape index (κ1) is 25.4. The third-order valence-corrected chi connectivity index (χ3v) is 6.66. The molecule has 0 fully saturated rings. The molecule has 0 aliphatic heterocycles. The fourth-order valence-electron chi connectivity index (χ4n) is 3.30. The largest absolute Gasteiger partial charge is 0.417 e. The van der Waals surface area contributed by atoms with Gasteiger partial charge in [0.1, 0.15) is 16.9 Å². The lowest BCUT2D eigenvalue weighted by Gasteiger charge is -2.10. The van der Waals surface area contributed by atoms with Crippen molar-refractivity contribution in [2.45, 2.75) is 25.4 Å². The van der Waals surface area contributed by atoms with E-state index in [1.165, 1.54) is 12.5 Å². The van der Waals surface area contributed by atoms with E-state index in [2.05, 4.69) is 25.3 Å². The molecule has 7 nitrogen and oxygen atoms in total. The summed E-state index contributed by atoms with van der Waals surface area (Å²) in [5.41, 5.74) is 0.791. The molecule has 0 saturated heterocycles. The van der Waals surface area contributed by atoms with Crippen molar-refractivity contribution in [2.75, 3.05) is 5.32 Å². The number of Topliss-reactive ketones (excluding diaryl/α,β-unsaturated/α-hetero) is 1. The van der Waals surface area contributed by atoms with Crippen LogP contribution in [0.4, 0.5) is 18.9 Å². The molecule has 0 spiro atoms. The normalized spacial score (nSPS) is 12.2. The molecule has 4 rings (SSSR count). The molecule has 1 unspecified atom stereocenters. The van der Waals surface area contributed by atoms with Gasteiger partial charge in [0.15, 0.2) is 5.78 Å². The van der Waals surface area contributed by atoms with E-state index < -0.39 is 22.7 Å². The van der Waals surface area contributed by atoms with E-state index in [1.807, 2.05) is 0 Å². The maximum atomic E-state index is 12.9. The average Bonchev–Trinajstić information content (AvgIpc) is 3.35. The maximum Gasteiger partial charge on any atom is 0.417 e. The van der Waals surface area contributed by atoms with Gasteiger partial charge in [-0.15, -0.1) is 11.3 Å². The number of ketones is 1. The van der Waals surface area contributed by atoms with Crippen LogP contribution in [0.3, 0.4) is 0 Å². The lowest BCUT2D eigenvalue weighted by Crippen LogP contribution is -2.11. The second kappa shape index (κ2) is 10.5. The molecule has 1 amide bonds. The Balaban J connectivity index is 1.41. The first-order chi connectivity index (χ1) is 17.1. The van der Waals surface area contributed by atoms with Gasteiger partial charge in [-0.1, -0.05) is 18.5 Å². The molecule has 3 heterocycles. The molecule has 36 heavy (non-hydrogen) atoms. The van der Waals surface area contributed by atoms with Gasteiger partial charge in [-0.05, 0) is 36.4 Å². The number of rotatable bonds is 7. The molecule has 1 aromatic carbocycles. The molecular weight excluding hydrogens is 515 g/mol. The van der Waals surface area contributed by atoms with E-state index in [0.29, 0.717) is 10.7 Å². The molecule has 0 radical (unpaired) electrons. The summed E-state index contributed by atoms with van der Waals surface area (Å²) in [6.07, 6.45) is 1.45. The Kier molecular flexibility index (Phi) is 7.41. The van der Waals surface area contributed by atoms with Crippen LogP contribution in [0.25, 0.3) is 11.3 Å². The maximum absolute atomic E-state index is 12.9. The third-order valence-electron chi connectivity index (χ3n) is 5.12. The van der Waals surface area contributed by atoms with Crippen LogP contribution >= 0.6 is 22.9 Å². The summed E-state index contributed by atoms with van der Waals surface area (Å²) in [6, 6.07) is 8.13.